The van der Waals surface area contributed by atoms with E-state index in [4.69, 9.17) is 9.47 Å². The molecule has 2 aromatic rings. The molecule has 1 fully saturated rings. The number of hydrogen-bond acceptors (Lipinski definition) is 4. The molecule has 0 aliphatic carbocycles. The minimum absolute atomic E-state index is 0.0441. The number of aromatic nitrogens is 1. The Morgan fingerprint density at radius 2 is 2.04 bits per heavy atom. The first-order chi connectivity index (χ1) is 12.1. The molecule has 1 saturated heterocycles. The van der Waals surface area contributed by atoms with Crippen molar-refractivity contribution in [2.24, 2.45) is 0 Å². The van der Waals surface area contributed by atoms with Crippen LogP contribution in [0.2, 0.25) is 0 Å². The number of nitrogens with zero attached hydrogens (tertiary/aromatic N) is 2. The van der Waals surface area contributed by atoms with Crippen LogP contribution in [0.5, 0.6) is 11.5 Å². The molecule has 1 aliphatic rings. The van der Waals surface area contributed by atoms with Crippen molar-refractivity contribution in [3.05, 3.63) is 58.5 Å². The van der Waals surface area contributed by atoms with Crippen LogP contribution in [0.25, 0.3) is 0 Å². The van der Waals surface area contributed by atoms with Gasteiger partial charge in [0.05, 0.1) is 20.3 Å². The molecule has 132 valence electrons. The summed E-state index contributed by atoms with van der Waals surface area (Å²) < 4.78 is 12.2. The monoisotopic (exact) mass is 342 g/mol. The molecule has 1 atom stereocenters. The first kappa shape index (κ1) is 17.1. The van der Waals surface area contributed by atoms with Gasteiger partial charge in [0, 0.05) is 24.4 Å². The lowest BCUT2D eigenvalue weighted by Gasteiger charge is -2.27. The van der Waals surface area contributed by atoms with Gasteiger partial charge in [-0.2, -0.15) is 0 Å². The topological polar surface area (TPSA) is 60.8 Å². The van der Waals surface area contributed by atoms with Crippen molar-refractivity contribution in [1.29, 1.82) is 0 Å². The number of carbonyl (C=O) groups excluding carboxylic acids is 1. The summed E-state index contributed by atoms with van der Waals surface area (Å²) in [5, 5.41) is 0. The van der Waals surface area contributed by atoms with Gasteiger partial charge in [0.2, 0.25) is 5.91 Å². The maximum Gasteiger partial charge on any atom is 0.250 e. The molecule has 6 nitrogen and oxygen atoms in total. The van der Waals surface area contributed by atoms with E-state index in [1.165, 1.54) is 10.6 Å². The van der Waals surface area contributed by atoms with Crippen molar-refractivity contribution in [1.82, 2.24) is 9.47 Å². The fourth-order valence-electron chi connectivity index (χ4n) is 3.32. The van der Waals surface area contributed by atoms with Crippen molar-refractivity contribution in [2.45, 2.75) is 25.4 Å². The maximum atomic E-state index is 12.8. The number of pyridine rings is 1. The summed E-state index contributed by atoms with van der Waals surface area (Å²) in [6, 6.07) is 10.4. The molecule has 0 spiro atoms. The zero-order valence-corrected chi connectivity index (χ0v) is 14.5. The van der Waals surface area contributed by atoms with Crippen LogP contribution in [0.4, 0.5) is 0 Å². The van der Waals surface area contributed by atoms with Gasteiger partial charge in [-0.25, -0.2) is 0 Å². The number of methoxy groups -OCH3 is 2. The first-order valence-electron chi connectivity index (χ1n) is 8.31. The summed E-state index contributed by atoms with van der Waals surface area (Å²) in [4.78, 5) is 26.5. The van der Waals surface area contributed by atoms with Crippen LogP contribution in [0, 0.1) is 0 Å². The third-order valence-corrected chi connectivity index (χ3v) is 4.57. The maximum absolute atomic E-state index is 12.8. The molecule has 0 saturated carbocycles. The highest BCUT2D eigenvalue weighted by molar-refractivity contribution is 5.77. The lowest BCUT2D eigenvalue weighted by atomic mass is 10.0. The highest BCUT2D eigenvalue weighted by atomic mass is 16.5. The lowest BCUT2D eigenvalue weighted by molar-refractivity contribution is -0.132. The molecule has 25 heavy (non-hydrogen) atoms. The lowest BCUT2D eigenvalue weighted by Crippen LogP contribution is -2.36. The van der Waals surface area contributed by atoms with Gasteiger partial charge in [0.1, 0.15) is 18.0 Å². The Bertz CT molecular complexity index is 815. The Hall–Kier alpha value is -2.76. The second-order valence-corrected chi connectivity index (χ2v) is 6.02. The average Bonchev–Trinajstić information content (AvgIpc) is 3.12. The highest BCUT2D eigenvalue weighted by Crippen LogP contribution is 2.38. The van der Waals surface area contributed by atoms with Crippen molar-refractivity contribution >= 4 is 5.91 Å². The summed E-state index contributed by atoms with van der Waals surface area (Å²) >= 11 is 0. The van der Waals surface area contributed by atoms with E-state index in [-0.39, 0.29) is 24.1 Å². The third kappa shape index (κ3) is 3.52. The van der Waals surface area contributed by atoms with Crippen LogP contribution in [0.1, 0.15) is 24.4 Å². The SMILES string of the molecule is COc1ccc(OC)c([C@@H]2CCCN2C(=O)Cn2ccccc2=O)c1. The van der Waals surface area contributed by atoms with Crippen LogP contribution in [0.3, 0.4) is 0 Å². The molecular weight excluding hydrogens is 320 g/mol. The zero-order chi connectivity index (χ0) is 17.8. The number of likely N-dealkylation sites (tertiary alicyclic amines) is 1. The molecule has 0 bridgehead atoms. The number of rotatable bonds is 5. The Balaban J connectivity index is 1.86. The molecule has 0 N–H and O–H groups in total. The molecule has 1 aliphatic heterocycles. The van der Waals surface area contributed by atoms with Gasteiger partial charge >= 0.3 is 0 Å². The number of amides is 1. The zero-order valence-electron chi connectivity index (χ0n) is 14.5. The second-order valence-electron chi connectivity index (χ2n) is 6.02. The first-order valence-corrected chi connectivity index (χ1v) is 8.31. The van der Waals surface area contributed by atoms with Gasteiger partial charge in [0.15, 0.2) is 0 Å². The normalized spacial score (nSPS) is 16.7. The van der Waals surface area contributed by atoms with E-state index in [1.807, 2.05) is 23.1 Å². The van der Waals surface area contributed by atoms with Crippen molar-refractivity contribution in [2.75, 3.05) is 20.8 Å². The molecule has 6 heteroatoms. The van der Waals surface area contributed by atoms with E-state index in [0.717, 1.165) is 29.9 Å². The minimum atomic E-state index is -0.175. The van der Waals surface area contributed by atoms with Gasteiger partial charge in [-0.3, -0.25) is 9.59 Å². The molecule has 1 aromatic carbocycles. The molecule has 3 rings (SSSR count). The van der Waals surface area contributed by atoms with E-state index in [9.17, 15) is 9.59 Å². The Labute approximate surface area is 146 Å². The Morgan fingerprint density at radius 3 is 2.76 bits per heavy atom. The molecular formula is C19H22N2O4. The van der Waals surface area contributed by atoms with Crippen LogP contribution < -0.4 is 15.0 Å². The smallest absolute Gasteiger partial charge is 0.250 e. The summed E-state index contributed by atoms with van der Waals surface area (Å²) in [5.41, 5.74) is 0.763. The predicted molar refractivity (Wildman–Crippen MR) is 93.9 cm³/mol. The van der Waals surface area contributed by atoms with Crippen molar-refractivity contribution < 1.29 is 14.3 Å². The van der Waals surface area contributed by atoms with Crippen LogP contribution >= 0.6 is 0 Å². The molecule has 0 radical (unpaired) electrons. The highest BCUT2D eigenvalue weighted by Gasteiger charge is 2.32. The summed E-state index contributed by atoms with van der Waals surface area (Å²) in [6.07, 6.45) is 3.41. The Kier molecular flexibility index (Phi) is 5.07. The van der Waals surface area contributed by atoms with Gasteiger partial charge in [-0.05, 0) is 37.1 Å². The molecule has 1 aromatic heterocycles. The number of hydrogen-bond donors (Lipinski definition) is 0. The summed E-state index contributed by atoms with van der Waals surface area (Å²) in [5.74, 6) is 1.40. The average molecular weight is 342 g/mol. The summed E-state index contributed by atoms with van der Waals surface area (Å²) in [7, 11) is 3.24. The number of benzene rings is 1. The fraction of sp³-hybridized carbons (Fsp3) is 0.368. The van der Waals surface area contributed by atoms with Gasteiger partial charge in [-0.1, -0.05) is 6.07 Å². The third-order valence-electron chi connectivity index (χ3n) is 4.57. The van der Waals surface area contributed by atoms with E-state index < -0.39 is 0 Å². The largest absolute Gasteiger partial charge is 0.497 e. The predicted octanol–water partition coefficient (Wildman–Crippen LogP) is 2.23. The van der Waals surface area contributed by atoms with E-state index >= 15 is 0 Å². The van der Waals surface area contributed by atoms with Crippen molar-refractivity contribution in [3.8, 4) is 11.5 Å². The minimum Gasteiger partial charge on any atom is -0.497 e. The Morgan fingerprint density at radius 1 is 1.20 bits per heavy atom. The van der Waals surface area contributed by atoms with Gasteiger partial charge in [0.25, 0.3) is 5.56 Å². The number of ether oxygens (including phenoxy) is 2. The van der Waals surface area contributed by atoms with E-state index in [2.05, 4.69) is 0 Å². The van der Waals surface area contributed by atoms with Crippen LogP contribution in [-0.4, -0.2) is 36.1 Å². The second kappa shape index (κ2) is 7.42. The molecule has 1 amide bonds. The molecule has 0 unspecified atom stereocenters. The quantitative estimate of drug-likeness (QED) is 0.836. The molecule has 2 heterocycles. The fourth-order valence-corrected chi connectivity index (χ4v) is 3.32. The van der Waals surface area contributed by atoms with Crippen molar-refractivity contribution in [3.63, 3.8) is 0 Å². The van der Waals surface area contributed by atoms with Crippen LogP contribution in [-0.2, 0) is 11.3 Å². The summed E-state index contributed by atoms with van der Waals surface area (Å²) in [6.45, 7) is 0.716. The van der Waals surface area contributed by atoms with E-state index in [0.29, 0.717) is 6.54 Å². The van der Waals surface area contributed by atoms with Crippen LogP contribution in [0.15, 0.2) is 47.4 Å². The number of carbonyl (C=O) groups is 1. The van der Waals surface area contributed by atoms with E-state index in [1.54, 1.807) is 32.5 Å². The standard InChI is InChI=1S/C19H22N2O4/c1-24-14-8-9-17(25-2)15(12-14)16-6-5-11-21(16)19(23)13-20-10-4-3-7-18(20)22/h3-4,7-10,12,16H,5-6,11,13H2,1-2H3/t16-/m0/s1. The van der Waals surface area contributed by atoms with Gasteiger partial charge in [-0.15, -0.1) is 0 Å². The van der Waals surface area contributed by atoms with Gasteiger partial charge < -0.3 is 18.9 Å².